The molecule has 2 N–H and O–H groups in total. The third-order valence-corrected chi connectivity index (χ3v) is 8.83. The quantitative estimate of drug-likeness (QED) is 0.463. The van der Waals surface area contributed by atoms with E-state index in [1.54, 1.807) is 0 Å². The number of carbonyl (C=O) groups excluding carboxylic acids is 2. The number of allylic oxidation sites excluding steroid dienone is 4. The number of hydrogen-bond donors (Lipinski definition) is 2. The van der Waals surface area contributed by atoms with Crippen molar-refractivity contribution >= 4 is 37.9 Å². The first-order valence-electron chi connectivity index (χ1n) is 11.5. The van der Waals surface area contributed by atoms with Crippen molar-refractivity contribution < 1.29 is 9.59 Å². The Morgan fingerprint density at radius 1 is 0.606 bits per heavy atom. The Balaban J connectivity index is 1.75. The van der Waals surface area contributed by atoms with Crippen LogP contribution >= 0.6 is 0 Å². The van der Waals surface area contributed by atoms with Gasteiger partial charge in [-0.15, -0.1) is 0 Å². The molecule has 0 amide bonds. The van der Waals surface area contributed by atoms with E-state index in [9.17, 15) is 9.59 Å². The van der Waals surface area contributed by atoms with E-state index >= 15 is 0 Å². The van der Waals surface area contributed by atoms with Gasteiger partial charge in [-0.05, 0) is 0 Å². The Morgan fingerprint density at radius 3 is 1.33 bits per heavy atom. The molecule has 5 heteroatoms. The van der Waals surface area contributed by atoms with Gasteiger partial charge in [0.1, 0.15) is 0 Å². The Hall–Kier alpha value is -2.62. The topological polar surface area (TPSA) is 58.2 Å². The summed E-state index contributed by atoms with van der Waals surface area (Å²) in [5.41, 5.74) is 3.66. The molecule has 0 fully saturated rings. The van der Waals surface area contributed by atoms with Crippen LogP contribution < -0.4 is 10.6 Å². The number of nitrogens with one attached hydrogen (secondary N) is 2. The standard InChI is InChI=1S/C28H32N2O2Se/c1-27(2)15-21(29-19-11-7-5-8-12-19)25(23(31)17-27)33-26-22(16-28(3,4)18-24(26)32)30-20-13-9-6-10-14-20/h5-14,29-30H,15-18H2,1-4H3. The summed E-state index contributed by atoms with van der Waals surface area (Å²) < 4.78 is 1.61. The molecule has 0 unspecified atom stereocenters. The van der Waals surface area contributed by atoms with E-state index < -0.39 is 0 Å². The van der Waals surface area contributed by atoms with Crippen molar-refractivity contribution in [3.63, 3.8) is 0 Å². The molecular formula is C28H32N2O2Se. The summed E-state index contributed by atoms with van der Waals surface area (Å²) in [4.78, 5) is 26.7. The second kappa shape index (κ2) is 9.32. The van der Waals surface area contributed by atoms with Gasteiger partial charge < -0.3 is 0 Å². The van der Waals surface area contributed by atoms with Crippen molar-refractivity contribution in [2.24, 2.45) is 10.8 Å². The number of benzene rings is 2. The van der Waals surface area contributed by atoms with Gasteiger partial charge in [0, 0.05) is 0 Å². The van der Waals surface area contributed by atoms with Crippen molar-refractivity contribution in [1.29, 1.82) is 0 Å². The van der Waals surface area contributed by atoms with Crippen molar-refractivity contribution in [2.45, 2.75) is 53.4 Å². The first-order chi connectivity index (χ1) is 15.6. The van der Waals surface area contributed by atoms with Crippen LogP contribution in [0.25, 0.3) is 0 Å². The van der Waals surface area contributed by atoms with Gasteiger partial charge in [-0.3, -0.25) is 0 Å². The second-order valence-corrected chi connectivity index (χ2v) is 12.7. The third-order valence-electron chi connectivity index (χ3n) is 5.99. The number of hydrogen-bond acceptors (Lipinski definition) is 4. The van der Waals surface area contributed by atoms with Crippen molar-refractivity contribution in [3.8, 4) is 0 Å². The summed E-state index contributed by atoms with van der Waals surface area (Å²) in [7, 11) is 0. The predicted molar refractivity (Wildman–Crippen MR) is 136 cm³/mol. The fourth-order valence-corrected chi connectivity index (χ4v) is 6.78. The van der Waals surface area contributed by atoms with Crippen LogP contribution in [-0.2, 0) is 9.59 Å². The molecule has 2 aromatic carbocycles. The average Bonchev–Trinajstić information content (AvgIpc) is 2.72. The molecular weight excluding hydrogens is 475 g/mol. The number of rotatable bonds is 6. The predicted octanol–water partition coefficient (Wildman–Crippen LogP) is 6.12. The van der Waals surface area contributed by atoms with Crippen molar-refractivity contribution in [2.75, 3.05) is 10.6 Å². The zero-order chi connectivity index (χ0) is 23.6. The summed E-state index contributed by atoms with van der Waals surface area (Å²) in [5.74, 6) is 0.322. The van der Waals surface area contributed by atoms with E-state index in [0.29, 0.717) is 12.8 Å². The number of ketones is 2. The minimum absolute atomic E-state index is 0.105. The molecule has 4 nitrogen and oxygen atoms in total. The zero-order valence-electron chi connectivity index (χ0n) is 19.8. The van der Waals surface area contributed by atoms with E-state index in [-0.39, 0.29) is 37.4 Å². The van der Waals surface area contributed by atoms with Gasteiger partial charge in [-0.25, -0.2) is 0 Å². The molecule has 0 aromatic heterocycles. The van der Waals surface area contributed by atoms with E-state index in [1.807, 2.05) is 60.7 Å². The van der Waals surface area contributed by atoms with Crippen LogP contribution in [-0.4, -0.2) is 26.5 Å². The summed E-state index contributed by atoms with van der Waals surface area (Å²) in [6.07, 6.45) is 2.61. The monoisotopic (exact) mass is 508 g/mol. The second-order valence-electron chi connectivity index (χ2n) is 10.6. The van der Waals surface area contributed by atoms with E-state index in [2.05, 4.69) is 38.3 Å². The molecule has 0 radical (unpaired) electrons. The van der Waals surface area contributed by atoms with Crippen molar-refractivity contribution in [1.82, 2.24) is 0 Å². The van der Waals surface area contributed by atoms with Gasteiger partial charge in [-0.2, -0.15) is 0 Å². The molecule has 0 saturated heterocycles. The fraction of sp³-hybridized carbons (Fsp3) is 0.357. The molecule has 0 bridgehead atoms. The summed E-state index contributed by atoms with van der Waals surface area (Å²) in [6.45, 7) is 8.54. The number of anilines is 2. The van der Waals surface area contributed by atoms with Gasteiger partial charge in [-0.1, -0.05) is 0 Å². The van der Waals surface area contributed by atoms with Crippen LogP contribution in [0.5, 0.6) is 0 Å². The van der Waals surface area contributed by atoms with Crippen LogP contribution in [0.3, 0.4) is 0 Å². The number of para-hydroxylation sites is 2. The van der Waals surface area contributed by atoms with E-state index in [1.165, 1.54) is 0 Å². The molecule has 0 saturated carbocycles. The first kappa shape index (κ1) is 23.5. The molecule has 0 spiro atoms. The Labute approximate surface area is 203 Å². The number of carbonyl (C=O) groups is 2. The molecule has 4 rings (SSSR count). The molecule has 0 aliphatic heterocycles. The molecule has 0 heterocycles. The average molecular weight is 508 g/mol. The molecule has 33 heavy (non-hydrogen) atoms. The van der Waals surface area contributed by atoms with Gasteiger partial charge in [0.2, 0.25) is 0 Å². The van der Waals surface area contributed by atoms with Gasteiger partial charge in [0.15, 0.2) is 0 Å². The SMILES string of the molecule is CC1(C)CC(=O)C([Se]C2=C(Nc3ccccc3)CC(C)(C)CC2=O)=C(Nc2ccccc2)C1. The Morgan fingerprint density at radius 2 is 0.970 bits per heavy atom. The maximum atomic E-state index is 13.3. The van der Waals surface area contributed by atoms with Crippen LogP contribution in [0.1, 0.15) is 53.4 Å². The van der Waals surface area contributed by atoms with Gasteiger partial charge in [0.05, 0.1) is 0 Å². The summed E-state index contributed by atoms with van der Waals surface area (Å²) in [5, 5.41) is 7.04. The number of Topliss-reactive ketones (excluding diaryl/α,β-unsaturated/α-hetero) is 2. The van der Waals surface area contributed by atoms with E-state index in [4.69, 9.17) is 0 Å². The Kier molecular flexibility index (Phi) is 6.65. The molecule has 2 aliphatic carbocycles. The third kappa shape index (κ3) is 5.85. The van der Waals surface area contributed by atoms with Crippen LogP contribution in [0.15, 0.2) is 81.0 Å². The van der Waals surface area contributed by atoms with Crippen LogP contribution in [0.4, 0.5) is 11.4 Å². The molecule has 0 atom stereocenters. The Bertz CT molecular complexity index is 1030. The van der Waals surface area contributed by atoms with Gasteiger partial charge in [0.25, 0.3) is 0 Å². The van der Waals surface area contributed by atoms with E-state index in [0.717, 1.165) is 44.6 Å². The molecule has 172 valence electrons. The summed E-state index contributed by atoms with van der Waals surface area (Å²) >= 11 is -0.366. The van der Waals surface area contributed by atoms with Crippen LogP contribution in [0.2, 0.25) is 0 Å². The molecule has 2 aliphatic rings. The van der Waals surface area contributed by atoms with Gasteiger partial charge >= 0.3 is 203 Å². The minimum atomic E-state index is -0.366. The first-order valence-corrected chi connectivity index (χ1v) is 13.2. The maximum absolute atomic E-state index is 13.3. The normalized spacial score (nSPS) is 20.1. The van der Waals surface area contributed by atoms with Crippen molar-refractivity contribution in [3.05, 3.63) is 81.0 Å². The van der Waals surface area contributed by atoms with Crippen LogP contribution in [0, 0.1) is 10.8 Å². The summed E-state index contributed by atoms with van der Waals surface area (Å²) in [6, 6.07) is 20.0. The fourth-order valence-electron chi connectivity index (χ4n) is 4.54. The molecule has 2 aromatic rings. The zero-order valence-corrected chi connectivity index (χ0v) is 21.5.